The molecule has 0 amide bonds. The fourth-order valence-corrected chi connectivity index (χ4v) is 5.33. The van der Waals surface area contributed by atoms with Gasteiger partial charge in [0, 0.05) is 31.3 Å². The van der Waals surface area contributed by atoms with Crippen LogP contribution in [-0.4, -0.2) is 46.9 Å². The van der Waals surface area contributed by atoms with Crippen LogP contribution in [0.2, 0.25) is 0 Å². The van der Waals surface area contributed by atoms with Crippen molar-refractivity contribution in [3.63, 3.8) is 0 Å². The first-order chi connectivity index (χ1) is 10.0. The highest BCUT2D eigenvalue weighted by atomic mass is 32.2. The Hall–Kier alpha value is -1.16. The van der Waals surface area contributed by atoms with Gasteiger partial charge in [0.05, 0.1) is 0 Å². The van der Waals surface area contributed by atoms with Crippen molar-refractivity contribution in [2.45, 2.75) is 24.3 Å². The van der Waals surface area contributed by atoms with E-state index in [4.69, 9.17) is 10.8 Å². The van der Waals surface area contributed by atoms with Gasteiger partial charge in [0.1, 0.15) is 0 Å². The Balaban J connectivity index is 1.96. The summed E-state index contributed by atoms with van der Waals surface area (Å²) < 4.78 is 28.7. The van der Waals surface area contributed by atoms with Crippen LogP contribution in [0, 0.1) is 5.92 Å². The minimum absolute atomic E-state index is 0.0473. The summed E-state index contributed by atoms with van der Waals surface area (Å²) in [5.41, 5.74) is 5.81. The second kappa shape index (κ2) is 5.56. The molecule has 0 saturated carbocycles. The Morgan fingerprint density at radius 3 is 3.10 bits per heavy atom. The molecule has 0 radical (unpaired) electrons. The number of imidazole rings is 1. The third kappa shape index (κ3) is 2.54. The number of fused-ring (bicyclic) bond motifs is 1. The fraction of sp³-hybridized carbons (Fsp3) is 0.583. The molecular weight excluding hydrogens is 312 g/mol. The molecule has 0 aliphatic carbocycles. The largest absolute Gasteiger partial charge is 0.396 e. The van der Waals surface area contributed by atoms with E-state index in [0.717, 1.165) is 12.8 Å². The Bertz CT molecular complexity index is 735. The van der Waals surface area contributed by atoms with E-state index >= 15 is 0 Å². The van der Waals surface area contributed by atoms with Crippen LogP contribution in [0.4, 0.5) is 5.82 Å². The number of piperidine rings is 1. The average Bonchev–Trinajstić information content (AvgIpc) is 2.98. The number of aromatic nitrogens is 2. The molecule has 1 unspecified atom stereocenters. The maximum atomic E-state index is 12.9. The molecule has 3 heterocycles. The van der Waals surface area contributed by atoms with Crippen molar-refractivity contribution in [1.29, 1.82) is 0 Å². The number of nitrogen functional groups attached to an aromatic ring is 1. The first-order valence-corrected chi connectivity index (χ1v) is 9.18. The van der Waals surface area contributed by atoms with Gasteiger partial charge in [-0.1, -0.05) is 0 Å². The molecule has 9 heteroatoms. The Morgan fingerprint density at radius 1 is 1.52 bits per heavy atom. The normalized spacial score (nSPS) is 21.1. The zero-order chi connectivity index (χ0) is 15.0. The van der Waals surface area contributed by atoms with Crippen LogP contribution in [-0.2, 0) is 10.0 Å². The van der Waals surface area contributed by atoms with Gasteiger partial charge in [-0.05, 0) is 25.2 Å². The predicted octanol–water partition coefficient (Wildman–Crippen LogP) is 0.761. The van der Waals surface area contributed by atoms with E-state index in [-0.39, 0.29) is 23.4 Å². The van der Waals surface area contributed by atoms with Crippen molar-refractivity contribution >= 4 is 32.1 Å². The van der Waals surface area contributed by atoms with E-state index in [1.54, 1.807) is 11.6 Å². The van der Waals surface area contributed by atoms with Crippen LogP contribution in [0.3, 0.4) is 0 Å². The number of anilines is 1. The number of aliphatic hydroxyl groups excluding tert-OH is 1. The minimum atomic E-state index is -3.66. The molecule has 1 aliphatic heterocycles. The molecule has 2 aromatic heterocycles. The second-order valence-electron chi connectivity index (χ2n) is 5.24. The summed E-state index contributed by atoms with van der Waals surface area (Å²) in [5, 5.41) is 10.9. The van der Waals surface area contributed by atoms with E-state index in [1.165, 1.54) is 20.0 Å². The van der Waals surface area contributed by atoms with E-state index in [1.807, 2.05) is 0 Å². The van der Waals surface area contributed by atoms with Gasteiger partial charge >= 0.3 is 0 Å². The monoisotopic (exact) mass is 330 g/mol. The van der Waals surface area contributed by atoms with Crippen LogP contribution in [0.25, 0.3) is 4.96 Å². The van der Waals surface area contributed by atoms with Crippen molar-refractivity contribution in [3.8, 4) is 0 Å². The van der Waals surface area contributed by atoms with Gasteiger partial charge in [-0.2, -0.15) is 4.31 Å². The zero-order valence-corrected chi connectivity index (χ0v) is 13.1. The number of hydrogen-bond acceptors (Lipinski definition) is 6. The maximum absolute atomic E-state index is 12.9. The van der Waals surface area contributed by atoms with E-state index in [2.05, 4.69) is 4.98 Å². The van der Waals surface area contributed by atoms with Gasteiger partial charge in [0.15, 0.2) is 15.8 Å². The highest BCUT2D eigenvalue weighted by Gasteiger charge is 2.34. The maximum Gasteiger partial charge on any atom is 0.262 e. The summed E-state index contributed by atoms with van der Waals surface area (Å²) in [6.45, 7) is 1.00. The van der Waals surface area contributed by atoms with E-state index in [0.29, 0.717) is 24.5 Å². The van der Waals surface area contributed by atoms with Gasteiger partial charge in [-0.3, -0.25) is 4.40 Å². The molecule has 116 valence electrons. The van der Waals surface area contributed by atoms with Gasteiger partial charge in [-0.15, -0.1) is 11.3 Å². The van der Waals surface area contributed by atoms with Crippen molar-refractivity contribution in [2.75, 3.05) is 25.4 Å². The van der Waals surface area contributed by atoms with E-state index in [9.17, 15) is 8.42 Å². The Morgan fingerprint density at radius 2 is 2.33 bits per heavy atom. The lowest BCUT2D eigenvalue weighted by atomic mass is 9.97. The van der Waals surface area contributed by atoms with Crippen molar-refractivity contribution in [2.24, 2.45) is 5.92 Å². The number of thiazole rings is 1. The summed E-state index contributed by atoms with van der Waals surface area (Å²) in [6.07, 6.45) is 4.05. The molecule has 0 aromatic carbocycles. The third-order valence-electron chi connectivity index (χ3n) is 3.85. The average molecular weight is 330 g/mol. The highest BCUT2D eigenvalue weighted by molar-refractivity contribution is 7.89. The first-order valence-electron chi connectivity index (χ1n) is 6.86. The number of nitrogens with zero attached hydrogens (tertiary/aromatic N) is 3. The molecule has 1 fully saturated rings. The van der Waals surface area contributed by atoms with Gasteiger partial charge in [0.2, 0.25) is 0 Å². The molecule has 21 heavy (non-hydrogen) atoms. The molecule has 7 nitrogen and oxygen atoms in total. The standard InChI is InChI=1S/C12H18N4O3S2/c13-10-11(16-5-7-20-12(16)14-10)21(18,19)15-4-1-2-9(8-15)3-6-17/h5,7,9,17H,1-4,6,8,13H2. The van der Waals surface area contributed by atoms with Gasteiger partial charge in [-0.25, -0.2) is 13.4 Å². The molecule has 0 bridgehead atoms. The third-order valence-corrected chi connectivity index (χ3v) is 6.51. The van der Waals surface area contributed by atoms with Crippen LogP contribution >= 0.6 is 11.3 Å². The zero-order valence-electron chi connectivity index (χ0n) is 11.5. The Kier molecular flexibility index (Phi) is 3.91. The summed E-state index contributed by atoms with van der Waals surface area (Å²) in [4.78, 5) is 4.68. The smallest absolute Gasteiger partial charge is 0.262 e. The summed E-state index contributed by atoms with van der Waals surface area (Å²) in [7, 11) is -3.66. The van der Waals surface area contributed by atoms with Crippen molar-refractivity contribution in [1.82, 2.24) is 13.7 Å². The van der Waals surface area contributed by atoms with Crippen LogP contribution < -0.4 is 5.73 Å². The van der Waals surface area contributed by atoms with Gasteiger partial charge < -0.3 is 10.8 Å². The van der Waals surface area contributed by atoms with Crippen LogP contribution in [0.5, 0.6) is 0 Å². The first kappa shape index (κ1) is 14.8. The van der Waals surface area contributed by atoms with Gasteiger partial charge in [0.25, 0.3) is 10.0 Å². The number of rotatable bonds is 4. The molecule has 2 aromatic rings. The number of sulfonamides is 1. The summed E-state index contributed by atoms with van der Waals surface area (Å²) in [5.74, 6) is 0.247. The lowest BCUT2D eigenvalue weighted by molar-refractivity contribution is 0.202. The number of aliphatic hydroxyl groups is 1. The quantitative estimate of drug-likeness (QED) is 0.862. The molecule has 3 N–H and O–H groups in total. The number of nitrogens with two attached hydrogens (primary N) is 1. The lowest BCUT2D eigenvalue weighted by Gasteiger charge is -2.31. The molecule has 1 aliphatic rings. The second-order valence-corrected chi connectivity index (χ2v) is 7.97. The predicted molar refractivity (Wildman–Crippen MR) is 80.7 cm³/mol. The minimum Gasteiger partial charge on any atom is -0.396 e. The van der Waals surface area contributed by atoms with Crippen molar-refractivity contribution < 1.29 is 13.5 Å². The molecule has 3 rings (SSSR count). The number of hydrogen-bond donors (Lipinski definition) is 2. The van der Waals surface area contributed by atoms with Crippen LogP contribution in [0.1, 0.15) is 19.3 Å². The summed E-state index contributed by atoms with van der Waals surface area (Å²) in [6, 6.07) is 0. The Labute approximate surface area is 127 Å². The SMILES string of the molecule is Nc1nc2sccn2c1S(=O)(=O)N1CCCC(CCO)C1. The topological polar surface area (TPSA) is 101 Å². The van der Waals surface area contributed by atoms with E-state index < -0.39 is 10.0 Å². The van der Waals surface area contributed by atoms with Crippen LogP contribution in [0.15, 0.2) is 16.6 Å². The lowest BCUT2D eigenvalue weighted by Crippen LogP contribution is -2.40. The molecule has 1 atom stereocenters. The van der Waals surface area contributed by atoms with Crippen molar-refractivity contribution in [3.05, 3.63) is 11.6 Å². The molecule has 0 spiro atoms. The summed E-state index contributed by atoms with van der Waals surface area (Å²) >= 11 is 1.35. The highest BCUT2D eigenvalue weighted by Crippen LogP contribution is 2.29. The fourth-order valence-electron chi connectivity index (χ4n) is 2.82. The molecular formula is C12H18N4O3S2. The molecule has 1 saturated heterocycles.